The molecule has 2 aromatic heterocycles. The second kappa shape index (κ2) is 9.71. The molecule has 0 fully saturated rings. The van der Waals surface area contributed by atoms with E-state index >= 15 is 0 Å². The van der Waals surface area contributed by atoms with Gasteiger partial charge in [0.05, 0.1) is 0 Å². The summed E-state index contributed by atoms with van der Waals surface area (Å²) in [5.41, 5.74) is 2.92. The average molecular weight is 613 g/mol. The second-order valence-corrected chi connectivity index (χ2v) is 13.1. The molecular formula is C39H23N3Se. The van der Waals surface area contributed by atoms with E-state index in [1.807, 2.05) is 60.7 Å². The van der Waals surface area contributed by atoms with Crippen molar-refractivity contribution in [3.63, 3.8) is 0 Å². The maximum atomic E-state index is 5.00. The van der Waals surface area contributed by atoms with Crippen molar-refractivity contribution in [3.8, 4) is 34.2 Å². The van der Waals surface area contributed by atoms with Crippen molar-refractivity contribution in [3.05, 3.63) is 140 Å². The first-order valence-corrected chi connectivity index (χ1v) is 16.1. The van der Waals surface area contributed by atoms with E-state index < -0.39 is 0 Å². The molecule has 0 amide bonds. The molecule has 0 aliphatic rings. The number of nitrogens with zero attached hydrogens (tertiary/aromatic N) is 3. The van der Waals surface area contributed by atoms with Gasteiger partial charge < -0.3 is 0 Å². The zero-order valence-corrected chi connectivity index (χ0v) is 24.7. The van der Waals surface area contributed by atoms with Gasteiger partial charge in [0.25, 0.3) is 0 Å². The summed E-state index contributed by atoms with van der Waals surface area (Å²) < 4.78 is 2.92. The van der Waals surface area contributed by atoms with Gasteiger partial charge in [-0.1, -0.05) is 36.4 Å². The minimum absolute atomic E-state index is 0.310. The van der Waals surface area contributed by atoms with Crippen LogP contribution in [-0.2, 0) is 0 Å². The van der Waals surface area contributed by atoms with E-state index in [0.29, 0.717) is 32.0 Å². The summed E-state index contributed by atoms with van der Waals surface area (Å²) >= 11 is 0.310. The van der Waals surface area contributed by atoms with E-state index in [-0.39, 0.29) is 0 Å². The molecule has 4 heteroatoms. The Kier molecular flexibility index (Phi) is 5.52. The molecule has 0 aliphatic carbocycles. The molecule has 0 atom stereocenters. The van der Waals surface area contributed by atoms with E-state index in [9.17, 15) is 0 Å². The third-order valence-electron chi connectivity index (χ3n) is 8.29. The molecule has 0 N–H and O–H groups in total. The number of hydrogen-bond acceptors (Lipinski definition) is 3. The Bertz CT molecular complexity index is 2440. The van der Waals surface area contributed by atoms with Crippen LogP contribution in [0.4, 0.5) is 0 Å². The van der Waals surface area contributed by atoms with Gasteiger partial charge in [-0.3, -0.25) is 0 Å². The monoisotopic (exact) mass is 613 g/mol. The van der Waals surface area contributed by atoms with Crippen molar-refractivity contribution in [1.29, 1.82) is 0 Å². The van der Waals surface area contributed by atoms with Crippen LogP contribution in [0.3, 0.4) is 0 Å². The van der Waals surface area contributed by atoms with Gasteiger partial charge in [-0.25, -0.2) is 0 Å². The van der Waals surface area contributed by atoms with Crippen LogP contribution in [0.15, 0.2) is 140 Å². The smallest absolute Gasteiger partial charge is 0.0615 e. The summed E-state index contributed by atoms with van der Waals surface area (Å²) in [5, 5.41) is 10.4. The van der Waals surface area contributed by atoms with E-state index in [2.05, 4.69) is 78.9 Å². The normalized spacial score (nSPS) is 11.7. The first kappa shape index (κ1) is 24.4. The fraction of sp³-hybridized carbons (Fsp3) is 0. The molecule has 7 aromatic carbocycles. The molecule has 0 unspecified atom stereocenters. The Hall–Kier alpha value is -5.15. The van der Waals surface area contributed by atoms with Gasteiger partial charge in [0.1, 0.15) is 0 Å². The van der Waals surface area contributed by atoms with Crippen molar-refractivity contribution in [2.24, 2.45) is 0 Å². The van der Waals surface area contributed by atoms with Crippen LogP contribution in [0.25, 0.3) is 85.8 Å². The number of fused-ring (bicyclic) bond motifs is 9. The predicted octanol–water partition coefficient (Wildman–Crippen LogP) is 9.70. The molecule has 0 spiro atoms. The SMILES string of the molecule is c1ccc(-c2nc(-c3ccccc3)nc(-c3ccc4c(c3)c3ccccc3c3cc5c(cc43)[se]c3ccccc35)n2)cc1. The van der Waals surface area contributed by atoms with Gasteiger partial charge in [0, 0.05) is 0 Å². The Labute approximate surface area is 253 Å². The molecule has 2 heterocycles. The van der Waals surface area contributed by atoms with Crippen LogP contribution in [0.1, 0.15) is 0 Å². The summed E-state index contributed by atoms with van der Waals surface area (Å²) in [6, 6.07) is 49.5. The van der Waals surface area contributed by atoms with Gasteiger partial charge in [0.15, 0.2) is 0 Å². The van der Waals surface area contributed by atoms with Gasteiger partial charge in [0.2, 0.25) is 0 Å². The number of hydrogen-bond donors (Lipinski definition) is 0. The third kappa shape index (κ3) is 3.99. The van der Waals surface area contributed by atoms with Crippen LogP contribution >= 0.6 is 0 Å². The Morgan fingerprint density at radius 3 is 1.44 bits per heavy atom. The first-order chi connectivity index (χ1) is 21.3. The summed E-state index contributed by atoms with van der Waals surface area (Å²) in [6.07, 6.45) is 0. The molecule has 0 saturated heterocycles. The zero-order chi connectivity index (χ0) is 28.3. The summed E-state index contributed by atoms with van der Waals surface area (Å²) in [6.45, 7) is 0. The fourth-order valence-corrected chi connectivity index (χ4v) is 8.61. The minimum Gasteiger partial charge on any atom is -0.0615 e. The predicted molar refractivity (Wildman–Crippen MR) is 181 cm³/mol. The molecule has 0 bridgehead atoms. The van der Waals surface area contributed by atoms with Crippen molar-refractivity contribution < 1.29 is 0 Å². The Morgan fingerprint density at radius 1 is 0.302 bits per heavy atom. The van der Waals surface area contributed by atoms with Gasteiger partial charge in [-0.05, 0) is 0 Å². The van der Waals surface area contributed by atoms with Crippen molar-refractivity contribution >= 4 is 66.1 Å². The number of aromatic nitrogens is 3. The van der Waals surface area contributed by atoms with Gasteiger partial charge in [-0.15, -0.1) is 0 Å². The van der Waals surface area contributed by atoms with E-state index in [0.717, 1.165) is 16.7 Å². The topological polar surface area (TPSA) is 38.7 Å². The molecule has 0 aliphatic heterocycles. The third-order valence-corrected chi connectivity index (χ3v) is 10.7. The van der Waals surface area contributed by atoms with Crippen LogP contribution in [-0.4, -0.2) is 29.5 Å². The van der Waals surface area contributed by atoms with Gasteiger partial charge >= 0.3 is 218 Å². The van der Waals surface area contributed by atoms with E-state index in [1.54, 1.807) is 0 Å². The molecule has 9 aromatic rings. The average Bonchev–Trinajstić information content (AvgIpc) is 3.45. The van der Waals surface area contributed by atoms with Crippen molar-refractivity contribution in [2.75, 3.05) is 0 Å². The minimum atomic E-state index is 0.310. The molecule has 9 rings (SSSR count). The van der Waals surface area contributed by atoms with Crippen LogP contribution in [0.5, 0.6) is 0 Å². The molecule has 0 saturated carbocycles. The standard InChI is InChI=1S/C39H23N3Se/c1-3-11-24(12-4-1)37-40-38(25-13-5-2-6-14-25)42-39(41-37)26-19-20-29-31(21-26)27-15-7-8-16-28(27)32-22-34-30-17-9-10-18-35(30)43-36(34)23-33(29)32/h1-23H. The number of rotatable bonds is 3. The fourth-order valence-electron chi connectivity index (χ4n) is 6.25. The zero-order valence-electron chi connectivity index (χ0n) is 23.0. The van der Waals surface area contributed by atoms with Gasteiger partial charge in [-0.2, -0.15) is 0 Å². The summed E-state index contributed by atoms with van der Waals surface area (Å²) in [5.74, 6) is 2.02. The van der Waals surface area contributed by atoms with Crippen molar-refractivity contribution in [1.82, 2.24) is 15.0 Å². The molecule has 0 radical (unpaired) electrons. The number of benzene rings is 7. The van der Waals surface area contributed by atoms with Crippen LogP contribution in [0, 0.1) is 0 Å². The quantitative estimate of drug-likeness (QED) is 0.147. The Balaban J connectivity index is 1.32. The summed E-state index contributed by atoms with van der Waals surface area (Å²) in [4.78, 5) is 14.9. The molecule has 3 nitrogen and oxygen atoms in total. The van der Waals surface area contributed by atoms with Crippen LogP contribution in [0.2, 0.25) is 0 Å². The summed E-state index contributed by atoms with van der Waals surface area (Å²) in [7, 11) is 0. The second-order valence-electron chi connectivity index (χ2n) is 10.8. The first-order valence-electron chi connectivity index (χ1n) is 14.4. The molecular weight excluding hydrogens is 589 g/mol. The maximum absolute atomic E-state index is 5.00. The Morgan fingerprint density at radius 2 is 0.791 bits per heavy atom. The molecule has 43 heavy (non-hydrogen) atoms. The molecule has 200 valence electrons. The van der Waals surface area contributed by atoms with Crippen LogP contribution < -0.4 is 0 Å². The van der Waals surface area contributed by atoms with E-state index in [1.165, 1.54) is 51.6 Å². The van der Waals surface area contributed by atoms with Crippen molar-refractivity contribution in [2.45, 2.75) is 0 Å². The van der Waals surface area contributed by atoms with E-state index in [4.69, 9.17) is 15.0 Å².